The monoisotopic (exact) mass is 674 g/mol. The number of nitrogens with one attached hydrogen (secondary N) is 1. The van der Waals surface area contributed by atoms with Gasteiger partial charge in [0.25, 0.3) is 0 Å². The van der Waals surface area contributed by atoms with Gasteiger partial charge in [-0.2, -0.15) is 0 Å². The van der Waals surface area contributed by atoms with Crippen molar-refractivity contribution in [1.29, 1.82) is 0 Å². The number of unbranched alkanes of at least 4 members (excludes halogenated alkanes) is 25. The Kier molecular flexibility index (Phi) is 38.9. The highest BCUT2D eigenvalue weighted by molar-refractivity contribution is 5.76. The second kappa shape index (κ2) is 40.0. The Bertz CT molecular complexity index is 731. The number of aliphatic hydroxyl groups is 2. The number of allylic oxidation sites excluding steroid dienone is 6. The van der Waals surface area contributed by atoms with E-state index in [4.69, 9.17) is 0 Å². The normalized spacial score (nSPS) is 13.3. The smallest absolute Gasteiger partial charge is 0.220 e. The standard InChI is InChI=1S/C44H83NO3/c1-3-5-7-9-11-13-15-17-18-19-20-21-22-23-24-25-26-28-29-31-33-35-37-39-43(47)42(41-46)45-44(48)40-38-36-34-32-30-27-16-14-12-10-8-6-4-2/h6,8,12,14,27,30,42-43,46-47H,3-5,7,9-11,13,15-26,28-29,31-41H2,1-2H3,(H,45,48)/b8-6-,14-12-,30-27-. The summed E-state index contributed by atoms with van der Waals surface area (Å²) < 4.78 is 0. The molecule has 0 saturated carbocycles. The molecule has 0 aromatic heterocycles. The molecule has 2 unspecified atom stereocenters. The molecule has 3 N–H and O–H groups in total. The van der Waals surface area contributed by atoms with Crippen molar-refractivity contribution in [2.75, 3.05) is 6.61 Å². The molecular weight excluding hydrogens is 590 g/mol. The molecule has 4 heteroatoms. The molecule has 48 heavy (non-hydrogen) atoms. The number of carbonyl (C=O) groups excluding carboxylic acids is 1. The van der Waals surface area contributed by atoms with Gasteiger partial charge in [-0.15, -0.1) is 0 Å². The number of amides is 1. The minimum absolute atomic E-state index is 0.0600. The summed E-state index contributed by atoms with van der Waals surface area (Å²) in [6.07, 6.45) is 52.3. The average molecular weight is 674 g/mol. The largest absolute Gasteiger partial charge is 0.394 e. The first-order valence-corrected chi connectivity index (χ1v) is 21.2. The zero-order chi connectivity index (χ0) is 35.0. The van der Waals surface area contributed by atoms with Gasteiger partial charge < -0.3 is 15.5 Å². The van der Waals surface area contributed by atoms with Crippen LogP contribution in [0, 0.1) is 0 Å². The lowest BCUT2D eigenvalue weighted by Crippen LogP contribution is -2.45. The lowest BCUT2D eigenvalue weighted by Gasteiger charge is -2.22. The molecule has 4 nitrogen and oxygen atoms in total. The molecule has 0 fully saturated rings. The molecule has 0 rings (SSSR count). The highest BCUT2D eigenvalue weighted by Crippen LogP contribution is 2.16. The Morgan fingerprint density at radius 1 is 0.521 bits per heavy atom. The zero-order valence-corrected chi connectivity index (χ0v) is 32.3. The lowest BCUT2D eigenvalue weighted by atomic mass is 10.0. The van der Waals surface area contributed by atoms with Crippen LogP contribution in [0.25, 0.3) is 0 Å². The SMILES string of the molecule is CC/C=C\C/C=C\C/C=C\CCCCCC(=O)NC(CO)C(O)CCCCCCCCCCCCCCCCCCCCCCCCC. The Morgan fingerprint density at radius 2 is 0.917 bits per heavy atom. The molecule has 0 aromatic rings. The van der Waals surface area contributed by atoms with Crippen LogP contribution in [0.4, 0.5) is 0 Å². The van der Waals surface area contributed by atoms with Crippen LogP contribution in [0.3, 0.4) is 0 Å². The predicted molar refractivity (Wildman–Crippen MR) is 212 cm³/mol. The maximum Gasteiger partial charge on any atom is 0.220 e. The summed E-state index contributed by atoms with van der Waals surface area (Å²) in [5, 5.41) is 23.1. The van der Waals surface area contributed by atoms with E-state index >= 15 is 0 Å². The van der Waals surface area contributed by atoms with E-state index in [0.29, 0.717) is 12.8 Å². The summed E-state index contributed by atoms with van der Waals surface area (Å²) in [5.74, 6) is -0.0600. The van der Waals surface area contributed by atoms with E-state index in [9.17, 15) is 15.0 Å². The zero-order valence-electron chi connectivity index (χ0n) is 32.3. The molecule has 0 spiro atoms. The number of hydrogen-bond donors (Lipinski definition) is 3. The van der Waals surface area contributed by atoms with Crippen molar-refractivity contribution in [1.82, 2.24) is 5.32 Å². The van der Waals surface area contributed by atoms with E-state index in [0.717, 1.165) is 57.8 Å². The minimum Gasteiger partial charge on any atom is -0.394 e. The third-order valence-corrected chi connectivity index (χ3v) is 9.67. The molecular formula is C44H83NO3. The fraction of sp³-hybridized carbons (Fsp3) is 0.841. The molecule has 0 heterocycles. The first-order chi connectivity index (χ1) is 23.7. The molecule has 0 radical (unpaired) electrons. The maximum absolute atomic E-state index is 12.3. The Balaban J connectivity index is 3.51. The molecule has 1 amide bonds. The van der Waals surface area contributed by atoms with E-state index in [1.807, 2.05) is 0 Å². The lowest BCUT2D eigenvalue weighted by molar-refractivity contribution is -0.123. The first-order valence-electron chi connectivity index (χ1n) is 21.2. The second-order valence-corrected chi connectivity index (χ2v) is 14.4. The molecule has 0 bridgehead atoms. The maximum atomic E-state index is 12.3. The van der Waals surface area contributed by atoms with Crippen molar-refractivity contribution in [2.45, 2.75) is 231 Å². The Hall–Kier alpha value is -1.39. The average Bonchev–Trinajstić information content (AvgIpc) is 3.09. The van der Waals surface area contributed by atoms with Crippen LogP contribution < -0.4 is 5.32 Å². The fourth-order valence-electron chi connectivity index (χ4n) is 6.43. The van der Waals surface area contributed by atoms with E-state index in [1.165, 1.54) is 135 Å². The third-order valence-electron chi connectivity index (χ3n) is 9.67. The van der Waals surface area contributed by atoms with Crippen molar-refractivity contribution in [2.24, 2.45) is 0 Å². The number of aliphatic hydroxyl groups excluding tert-OH is 2. The van der Waals surface area contributed by atoms with Crippen LogP contribution in [-0.4, -0.2) is 34.9 Å². The van der Waals surface area contributed by atoms with Crippen molar-refractivity contribution in [3.63, 3.8) is 0 Å². The van der Waals surface area contributed by atoms with E-state index < -0.39 is 12.1 Å². The highest BCUT2D eigenvalue weighted by atomic mass is 16.3. The Labute approximate surface area is 300 Å². The van der Waals surface area contributed by atoms with Crippen LogP contribution >= 0.6 is 0 Å². The predicted octanol–water partition coefficient (Wildman–Crippen LogP) is 13.0. The number of hydrogen-bond acceptors (Lipinski definition) is 3. The van der Waals surface area contributed by atoms with Crippen LogP contribution in [0.1, 0.15) is 219 Å². The summed E-state index contributed by atoms with van der Waals surface area (Å²) in [6, 6.07) is -0.550. The molecule has 2 atom stereocenters. The van der Waals surface area contributed by atoms with Crippen molar-refractivity contribution in [3.8, 4) is 0 Å². The Morgan fingerprint density at radius 3 is 1.35 bits per heavy atom. The quantitative estimate of drug-likeness (QED) is 0.0451. The van der Waals surface area contributed by atoms with Gasteiger partial charge in [0, 0.05) is 6.42 Å². The summed E-state index contributed by atoms with van der Waals surface area (Å²) >= 11 is 0. The highest BCUT2D eigenvalue weighted by Gasteiger charge is 2.19. The third kappa shape index (κ3) is 35.9. The van der Waals surface area contributed by atoms with Crippen LogP contribution in [0.5, 0.6) is 0 Å². The van der Waals surface area contributed by atoms with Crippen LogP contribution in [-0.2, 0) is 4.79 Å². The number of rotatable bonds is 38. The van der Waals surface area contributed by atoms with Crippen molar-refractivity contribution >= 4 is 5.91 Å². The number of carbonyl (C=O) groups is 1. The first kappa shape index (κ1) is 46.6. The minimum atomic E-state index is -0.671. The van der Waals surface area contributed by atoms with Gasteiger partial charge >= 0.3 is 0 Å². The van der Waals surface area contributed by atoms with Gasteiger partial charge in [0.15, 0.2) is 0 Å². The van der Waals surface area contributed by atoms with E-state index in [-0.39, 0.29) is 12.5 Å². The summed E-state index contributed by atoms with van der Waals surface area (Å²) in [4.78, 5) is 12.3. The summed E-state index contributed by atoms with van der Waals surface area (Å²) in [7, 11) is 0. The van der Waals surface area contributed by atoms with Crippen molar-refractivity contribution in [3.05, 3.63) is 36.5 Å². The van der Waals surface area contributed by atoms with E-state index in [1.54, 1.807) is 0 Å². The van der Waals surface area contributed by atoms with Gasteiger partial charge in [-0.1, -0.05) is 204 Å². The fourth-order valence-corrected chi connectivity index (χ4v) is 6.43. The summed E-state index contributed by atoms with van der Waals surface area (Å²) in [5.41, 5.74) is 0. The van der Waals surface area contributed by atoms with Gasteiger partial charge in [0.2, 0.25) is 5.91 Å². The molecule has 0 aliphatic carbocycles. The van der Waals surface area contributed by atoms with Gasteiger partial charge in [0.1, 0.15) is 0 Å². The molecule has 0 aromatic carbocycles. The van der Waals surface area contributed by atoms with Crippen molar-refractivity contribution < 1.29 is 15.0 Å². The van der Waals surface area contributed by atoms with Crippen LogP contribution in [0.2, 0.25) is 0 Å². The van der Waals surface area contributed by atoms with E-state index in [2.05, 4.69) is 55.6 Å². The van der Waals surface area contributed by atoms with Crippen LogP contribution in [0.15, 0.2) is 36.5 Å². The molecule has 282 valence electrons. The van der Waals surface area contributed by atoms with Gasteiger partial charge in [0.05, 0.1) is 18.8 Å². The topological polar surface area (TPSA) is 69.6 Å². The molecule has 0 saturated heterocycles. The molecule has 0 aliphatic heterocycles. The second-order valence-electron chi connectivity index (χ2n) is 14.4. The summed E-state index contributed by atoms with van der Waals surface area (Å²) in [6.45, 7) is 4.23. The van der Waals surface area contributed by atoms with Gasteiger partial charge in [-0.25, -0.2) is 0 Å². The van der Waals surface area contributed by atoms with Gasteiger partial charge in [-0.3, -0.25) is 4.79 Å². The molecule has 0 aliphatic rings. The van der Waals surface area contributed by atoms with Gasteiger partial charge in [-0.05, 0) is 44.9 Å².